The van der Waals surface area contributed by atoms with Gasteiger partial charge in [-0.05, 0) is 62.4 Å². The minimum absolute atomic E-state index is 0.0858. The first-order valence-electron chi connectivity index (χ1n) is 12.6. The Morgan fingerprint density at radius 2 is 2.03 bits per heavy atom. The highest BCUT2D eigenvalue weighted by atomic mass is 16.5. The standard InChI is InChI=1S/C28H34N2O5/c1-2-33-24-8-4-3-6-20(24)19-30-13-11-28(32,12-14-30)22-9-10-25-21(16-22)17-26(35-25)27(31)29-18-23-7-5-15-34-23/h3-4,6,8-10,16-17,23,32H,2,5,7,11-15,18-19H2,1H3,(H,29,31)/t23-/m0/s1. The number of fused-ring (bicyclic) bond motifs is 1. The summed E-state index contributed by atoms with van der Waals surface area (Å²) in [5, 5.41) is 15.2. The zero-order chi connectivity index (χ0) is 24.3. The monoisotopic (exact) mass is 478 g/mol. The molecule has 0 unspecified atom stereocenters. The first-order valence-corrected chi connectivity index (χ1v) is 12.6. The Morgan fingerprint density at radius 1 is 1.20 bits per heavy atom. The number of nitrogens with zero attached hydrogens (tertiary/aromatic N) is 1. The highest BCUT2D eigenvalue weighted by molar-refractivity contribution is 5.96. The molecule has 186 valence electrons. The molecule has 1 atom stereocenters. The highest BCUT2D eigenvalue weighted by Gasteiger charge is 2.34. The third-order valence-corrected chi connectivity index (χ3v) is 7.14. The number of nitrogens with one attached hydrogen (secondary N) is 1. The molecule has 7 heteroatoms. The van der Waals surface area contributed by atoms with Crippen LogP contribution in [0.5, 0.6) is 5.75 Å². The van der Waals surface area contributed by atoms with E-state index in [1.807, 2.05) is 43.3 Å². The van der Waals surface area contributed by atoms with Gasteiger partial charge in [0.25, 0.3) is 5.91 Å². The number of amides is 1. The summed E-state index contributed by atoms with van der Waals surface area (Å²) in [6.07, 6.45) is 3.38. The number of hydrogen-bond donors (Lipinski definition) is 2. The number of likely N-dealkylation sites (tertiary alicyclic amines) is 1. The Morgan fingerprint density at radius 3 is 2.80 bits per heavy atom. The molecule has 2 aliphatic rings. The largest absolute Gasteiger partial charge is 0.494 e. The van der Waals surface area contributed by atoms with Gasteiger partial charge in [-0.2, -0.15) is 0 Å². The van der Waals surface area contributed by atoms with Crippen molar-refractivity contribution in [3.63, 3.8) is 0 Å². The van der Waals surface area contributed by atoms with Crippen LogP contribution in [0.15, 0.2) is 52.9 Å². The van der Waals surface area contributed by atoms with Crippen molar-refractivity contribution >= 4 is 16.9 Å². The van der Waals surface area contributed by atoms with Gasteiger partial charge in [0.15, 0.2) is 5.76 Å². The van der Waals surface area contributed by atoms with E-state index in [9.17, 15) is 9.90 Å². The molecule has 2 fully saturated rings. The maximum Gasteiger partial charge on any atom is 0.287 e. The minimum Gasteiger partial charge on any atom is -0.494 e. The Labute approximate surface area is 206 Å². The number of ether oxygens (including phenoxy) is 2. The molecule has 0 aliphatic carbocycles. The summed E-state index contributed by atoms with van der Waals surface area (Å²) >= 11 is 0. The van der Waals surface area contributed by atoms with Gasteiger partial charge < -0.3 is 24.3 Å². The minimum atomic E-state index is -0.899. The van der Waals surface area contributed by atoms with Crippen LogP contribution < -0.4 is 10.1 Å². The van der Waals surface area contributed by atoms with Crippen molar-refractivity contribution in [1.29, 1.82) is 0 Å². The van der Waals surface area contributed by atoms with Crippen LogP contribution in [0.1, 0.15) is 54.3 Å². The molecule has 3 heterocycles. The number of para-hydroxylation sites is 1. The lowest BCUT2D eigenvalue weighted by Crippen LogP contribution is -2.42. The van der Waals surface area contributed by atoms with Crippen molar-refractivity contribution in [2.75, 3.05) is 32.8 Å². The molecule has 0 spiro atoms. The molecule has 0 bridgehead atoms. The molecule has 3 aromatic rings. The van der Waals surface area contributed by atoms with Crippen molar-refractivity contribution in [3.05, 3.63) is 65.4 Å². The van der Waals surface area contributed by atoms with Crippen molar-refractivity contribution in [2.45, 2.75) is 50.9 Å². The number of benzene rings is 2. The van der Waals surface area contributed by atoms with Crippen LogP contribution >= 0.6 is 0 Å². The first-order chi connectivity index (χ1) is 17.0. The van der Waals surface area contributed by atoms with E-state index >= 15 is 0 Å². The average molecular weight is 479 g/mol. The Kier molecular flexibility index (Phi) is 7.09. The van der Waals surface area contributed by atoms with Crippen LogP contribution in [-0.2, 0) is 16.9 Å². The second-order valence-corrected chi connectivity index (χ2v) is 9.56. The van der Waals surface area contributed by atoms with Gasteiger partial charge in [-0.3, -0.25) is 9.69 Å². The van der Waals surface area contributed by atoms with Crippen LogP contribution in [0.3, 0.4) is 0 Å². The molecule has 0 radical (unpaired) electrons. The molecule has 0 saturated carbocycles. The topological polar surface area (TPSA) is 84.2 Å². The average Bonchev–Trinajstić information content (AvgIpc) is 3.55. The van der Waals surface area contributed by atoms with E-state index in [4.69, 9.17) is 13.9 Å². The number of rotatable bonds is 8. The van der Waals surface area contributed by atoms with Gasteiger partial charge in [0.2, 0.25) is 0 Å². The summed E-state index contributed by atoms with van der Waals surface area (Å²) in [5.74, 6) is 0.972. The predicted molar refractivity (Wildman–Crippen MR) is 134 cm³/mol. The van der Waals surface area contributed by atoms with Gasteiger partial charge in [-0.25, -0.2) is 0 Å². The molecule has 5 rings (SSSR count). The van der Waals surface area contributed by atoms with Gasteiger partial charge in [-0.1, -0.05) is 24.3 Å². The second-order valence-electron chi connectivity index (χ2n) is 9.56. The van der Waals surface area contributed by atoms with Crippen LogP contribution in [0.4, 0.5) is 0 Å². The molecule has 2 N–H and O–H groups in total. The van der Waals surface area contributed by atoms with E-state index in [0.29, 0.717) is 31.6 Å². The van der Waals surface area contributed by atoms with Gasteiger partial charge in [-0.15, -0.1) is 0 Å². The number of hydrogen-bond acceptors (Lipinski definition) is 6. The van der Waals surface area contributed by atoms with Crippen molar-refractivity contribution in [3.8, 4) is 5.75 Å². The van der Waals surface area contributed by atoms with Crippen LogP contribution in [0.25, 0.3) is 11.0 Å². The molecule has 2 saturated heterocycles. The lowest BCUT2D eigenvalue weighted by Gasteiger charge is -2.38. The van der Waals surface area contributed by atoms with Gasteiger partial charge >= 0.3 is 0 Å². The number of furan rings is 1. The fourth-order valence-electron chi connectivity index (χ4n) is 5.09. The maximum absolute atomic E-state index is 12.5. The Bertz CT molecular complexity index is 1160. The van der Waals surface area contributed by atoms with Crippen LogP contribution in [-0.4, -0.2) is 54.9 Å². The van der Waals surface area contributed by atoms with Crippen LogP contribution in [0, 0.1) is 0 Å². The lowest BCUT2D eigenvalue weighted by atomic mass is 9.84. The second kappa shape index (κ2) is 10.4. The van der Waals surface area contributed by atoms with Crippen molar-refractivity contribution in [2.24, 2.45) is 0 Å². The zero-order valence-electron chi connectivity index (χ0n) is 20.3. The molecular formula is C28H34N2O5. The summed E-state index contributed by atoms with van der Waals surface area (Å²) in [5.41, 5.74) is 1.78. The summed E-state index contributed by atoms with van der Waals surface area (Å²) in [6, 6.07) is 15.6. The summed E-state index contributed by atoms with van der Waals surface area (Å²) in [6.45, 7) is 6.27. The molecule has 7 nitrogen and oxygen atoms in total. The number of aliphatic hydroxyl groups is 1. The Balaban J connectivity index is 1.22. The van der Waals surface area contributed by atoms with Crippen LogP contribution in [0.2, 0.25) is 0 Å². The zero-order valence-corrected chi connectivity index (χ0v) is 20.3. The first kappa shape index (κ1) is 23.9. The smallest absolute Gasteiger partial charge is 0.287 e. The van der Waals surface area contributed by atoms with Gasteiger partial charge in [0.05, 0.1) is 18.3 Å². The predicted octanol–water partition coefficient (Wildman–Crippen LogP) is 4.22. The van der Waals surface area contributed by atoms with E-state index in [0.717, 1.165) is 55.8 Å². The lowest BCUT2D eigenvalue weighted by molar-refractivity contribution is -0.0277. The number of carbonyl (C=O) groups excluding carboxylic acids is 1. The van der Waals surface area contributed by atoms with Gasteiger partial charge in [0, 0.05) is 43.7 Å². The summed E-state index contributed by atoms with van der Waals surface area (Å²) in [4.78, 5) is 14.9. The molecule has 1 amide bonds. The normalized spacial score (nSPS) is 20.2. The van der Waals surface area contributed by atoms with Gasteiger partial charge in [0.1, 0.15) is 11.3 Å². The van der Waals surface area contributed by atoms with E-state index in [1.54, 1.807) is 6.07 Å². The van der Waals surface area contributed by atoms with E-state index in [1.165, 1.54) is 5.56 Å². The van der Waals surface area contributed by atoms with E-state index in [-0.39, 0.29) is 17.8 Å². The van der Waals surface area contributed by atoms with E-state index < -0.39 is 5.60 Å². The molecule has 1 aromatic heterocycles. The SMILES string of the molecule is CCOc1ccccc1CN1CCC(O)(c2ccc3oc(C(=O)NC[C@@H]4CCCO4)cc3c2)CC1. The summed E-state index contributed by atoms with van der Waals surface area (Å²) < 4.78 is 17.1. The third kappa shape index (κ3) is 5.37. The molecular weight excluding hydrogens is 444 g/mol. The van der Waals surface area contributed by atoms with Crippen molar-refractivity contribution in [1.82, 2.24) is 10.2 Å². The summed E-state index contributed by atoms with van der Waals surface area (Å²) in [7, 11) is 0. The number of piperidine rings is 1. The van der Waals surface area contributed by atoms with E-state index in [2.05, 4.69) is 16.3 Å². The van der Waals surface area contributed by atoms with Crippen molar-refractivity contribution < 1.29 is 23.8 Å². The third-order valence-electron chi connectivity index (χ3n) is 7.14. The quantitative estimate of drug-likeness (QED) is 0.504. The number of carbonyl (C=O) groups is 1. The fraction of sp³-hybridized carbons (Fsp3) is 0.464. The molecule has 2 aliphatic heterocycles. The Hall–Kier alpha value is -2.87. The fourth-order valence-corrected chi connectivity index (χ4v) is 5.09. The highest BCUT2D eigenvalue weighted by Crippen LogP contribution is 2.36. The maximum atomic E-state index is 12.5. The molecule has 2 aromatic carbocycles. The molecule has 35 heavy (non-hydrogen) atoms.